The predicted molar refractivity (Wildman–Crippen MR) is 78.7 cm³/mol. The number of para-hydroxylation sites is 1. The summed E-state index contributed by atoms with van der Waals surface area (Å²) >= 11 is 1.28. The van der Waals surface area contributed by atoms with Crippen molar-refractivity contribution in [2.24, 2.45) is 0 Å². The van der Waals surface area contributed by atoms with E-state index in [9.17, 15) is 4.79 Å². The van der Waals surface area contributed by atoms with E-state index >= 15 is 0 Å². The number of nitrogen functional groups attached to an aromatic ring is 1. The summed E-state index contributed by atoms with van der Waals surface area (Å²) in [4.78, 5) is 19.6. The van der Waals surface area contributed by atoms with Crippen LogP contribution >= 0.6 is 11.8 Å². The number of benzene rings is 1. The summed E-state index contributed by atoms with van der Waals surface area (Å²) < 4.78 is 0. The largest absolute Gasteiger partial charge is 0.368 e. The van der Waals surface area contributed by atoms with Crippen molar-refractivity contribution in [2.75, 3.05) is 5.73 Å². The number of nitrogens with two attached hydrogens (primary N) is 1. The van der Waals surface area contributed by atoms with Gasteiger partial charge in [-0.05, 0) is 13.0 Å². The van der Waals surface area contributed by atoms with Gasteiger partial charge < -0.3 is 10.7 Å². The molecule has 20 heavy (non-hydrogen) atoms. The van der Waals surface area contributed by atoms with Crippen LogP contribution in [0.4, 0.5) is 5.95 Å². The molecule has 0 bridgehead atoms. The third-order valence-corrected chi connectivity index (χ3v) is 3.95. The number of fused-ring (bicyclic) bond motifs is 1. The molecule has 0 aliphatic carbocycles. The van der Waals surface area contributed by atoms with Crippen LogP contribution in [0.1, 0.15) is 17.3 Å². The van der Waals surface area contributed by atoms with E-state index in [0.717, 1.165) is 10.9 Å². The van der Waals surface area contributed by atoms with Crippen LogP contribution in [0.2, 0.25) is 0 Å². The van der Waals surface area contributed by atoms with Crippen LogP contribution in [-0.2, 0) is 0 Å². The molecule has 3 rings (SSSR count). The maximum Gasteiger partial charge on any atom is 0.216 e. The summed E-state index contributed by atoms with van der Waals surface area (Å²) in [5, 5.41) is 7.60. The topological polar surface area (TPSA) is 100 Å². The van der Waals surface area contributed by atoms with Gasteiger partial charge in [-0.25, -0.2) is 5.10 Å². The van der Waals surface area contributed by atoms with Gasteiger partial charge in [-0.15, -0.1) is 5.10 Å². The molecule has 0 saturated heterocycles. The first-order valence-electron chi connectivity index (χ1n) is 6.10. The molecule has 0 fully saturated rings. The van der Waals surface area contributed by atoms with Gasteiger partial charge in [0.1, 0.15) is 0 Å². The second-order valence-corrected chi connectivity index (χ2v) is 5.68. The van der Waals surface area contributed by atoms with Crippen molar-refractivity contribution in [1.29, 1.82) is 0 Å². The smallest absolute Gasteiger partial charge is 0.216 e. The fourth-order valence-corrected chi connectivity index (χ4v) is 2.82. The number of nitrogens with zero attached hydrogens (tertiary/aromatic N) is 2. The molecule has 0 saturated carbocycles. The van der Waals surface area contributed by atoms with Crippen molar-refractivity contribution in [3.05, 3.63) is 36.0 Å². The first-order valence-corrected chi connectivity index (χ1v) is 6.98. The summed E-state index contributed by atoms with van der Waals surface area (Å²) in [6, 6.07) is 7.73. The Labute approximate surface area is 119 Å². The molecule has 2 heterocycles. The Kier molecular flexibility index (Phi) is 3.19. The maximum absolute atomic E-state index is 12.5. The van der Waals surface area contributed by atoms with E-state index in [2.05, 4.69) is 20.2 Å². The van der Waals surface area contributed by atoms with Crippen LogP contribution in [0.25, 0.3) is 10.9 Å². The van der Waals surface area contributed by atoms with Gasteiger partial charge in [-0.3, -0.25) is 4.79 Å². The first-order chi connectivity index (χ1) is 9.65. The first kappa shape index (κ1) is 12.7. The molecular weight excluding hydrogens is 274 g/mol. The summed E-state index contributed by atoms with van der Waals surface area (Å²) in [5.41, 5.74) is 7.11. The van der Waals surface area contributed by atoms with Crippen LogP contribution in [0, 0.1) is 0 Å². The average molecular weight is 287 g/mol. The third-order valence-electron chi connectivity index (χ3n) is 2.99. The molecule has 2 aromatic heterocycles. The van der Waals surface area contributed by atoms with E-state index < -0.39 is 0 Å². The molecule has 0 amide bonds. The minimum absolute atomic E-state index is 0.0378. The van der Waals surface area contributed by atoms with Gasteiger partial charge in [0.25, 0.3) is 0 Å². The summed E-state index contributed by atoms with van der Waals surface area (Å²) in [7, 11) is 0. The lowest BCUT2D eigenvalue weighted by Gasteiger charge is -2.06. The molecule has 3 aromatic rings. The summed E-state index contributed by atoms with van der Waals surface area (Å²) in [6.07, 6.45) is 1.75. The zero-order valence-electron chi connectivity index (χ0n) is 10.8. The normalized spacial score (nSPS) is 12.7. The van der Waals surface area contributed by atoms with Gasteiger partial charge in [0.05, 0.1) is 5.25 Å². The quantitative estimate of drug-likeness (QED) is 0.504. The number of rotatable bonds is 4. The molecular formula is C13H13N5OS. The number of ketones is 1. The van der Waals surface area contributed by atoms with Crippen molar-refractivity contribution < 1.29 is 4.79 Å². The lowest BCUT2D eigenvalue weighted by atomic mass is 10.1. The number of hydrogen-bond donors (Lipinski definition) is 3. The van der Waals surface area contributed by atoms with Gasteiger partial charge in [0, 0.05) is 22.7 Å². The SMILES string of the molecule is C[C@@H](Sc1n[nH]c(N)n1)C(=O)c1c[nH]c2ccccc12. The number of carbonyl (C=O) groups excluding carboxylic acids is 1. The van der Waals surface area contributed by atoms with Gasteiger partial charge in [-0.2, -0.15) is 4.98 Å². The number of anilines is 1. The second kappa shape index (κ2) is 5.01. The Bertz CT molecular complexity index is 763. The monoisotopic (exact) mass is 287 g/mol. The van der Waals surface area contributed by atoms with Crippen molar-refractivity contribution in [2.45, 2.75) is 17.3 Å². The van der Waals surface area contributed by atoms with Crippen molar-refractivity contribution in [1.82, 2.24) is 20.2 Å². The lowest BCUT2D eigenvalue weighted by Crippen LogP contribution is -2.13. The number of aromatic amines is 2. The molecule has 0 aliphatic rings. The second-order valence-electron chi connectivity index (χ2n) is 4.38. The van der Waals surface area contributed by atoms with E-state index in [-0.39, 0.29) is 17.0 Å². The van der Waals surface area contributed by atoms with Crippen LogP contribution < -0.4 is 5.73 Å². The molecule has 0 unspecified atom stereocenters. The highest BCUT2D eigenvalue weighted by Gasteiger charge is 2.21. The van der Waals surface area contributed by atoms with Gasteiger partial charge in [0.2, 0.25) is 11.1 Å². The summed E-state index contributed by atoms with van der Waals surface area (Å²) in [5.74, 6) is 0.287. The number of H-pyrrole nitrogens is 2. The van der Waals surface area contributed by atoms with Gasteiger partial charge >= 0.3 is 0 Å². The maximum atomic E-state index is 12.5. The van der Waals surface area contributed by atoms with E-state index in [0.29, 0.717) is 10.7 Å². The zero-order chi connectivity index (χ0) is 14.1. The van der Waals surface area contributed by atoms with Crippen LogP contribution in [0.3, 0.4) is 0 Å². The Morgan fingerprint density at radius 1 is 1.40 bits per heavy atom. The standard InChI is InChI=1S/C13H13N5OS/c1-7(20-13-16-12(14)17-18-13)11(19)9-6-15-10-5-3-2-4-8(9)10/h2-7,15H,1H3,(H3,14,16,17,18)/t7-/m1/s1. The molecule has 0 spiro atoms. The van der Waals surface area contributed by atoms with E-state index in [1.54, 1.807) is 6.20 Å². The van der Waals surface area contributed by atoms with Crippen LogP contribution in [0.5, 0.6) is 0 Å². The summed E-state index contributed by atoms with van der Waals surface area (Å²) in [6.45, 7) is 1.83. The lowest BCUT2D eigenvalue weighted by molar-refractivity contribution is 0.0995. The number of Topliss-reactive ketones (excluding diaryl/α,β-unsaturated/α-hetero) is 1. The zero-order valence-corrected chi connectivity index (χ0v) is 11.6. The van der Waals surface area contributed by atoms with Crippen molar-refractivity contribution >= 4 is 34.4 Å². The number of carbonyl (C=O) groups is 1. The molecule has 7 heteroatoms. The van der Waals surface area contributed by atoms with E-state index in [1.807, 2.05) is 31.2 Å². The Hall–Kier alpha value is -2.28. The van der Waals surface area contributed by atoms with Crippen LogP contribution in [-0.4, -0.2) is 31.2 Å². The Balaban J connectivity index is 1.84. The number of nitrogens with one attached hydrogen (secondary N) is 2. The molecule has 6 nitrogen and oxygen atoms in total. The molecule has 0 radical (unpaired) electrons. The van der Waals surface area contributed by atoms with Crippen molar-refractivity contribution in [3.63, 3.8) is 0 Å². The molecule has 0 aliphatic heterocycles. The number of thioether (sulfide) groups is 1. The van der Waals surface area contributed by atoms with Gasteiger partial charge in [-0.1, -0.05) is 30.0 Å². The highest BCUT2D eigenvalue weighted by molar-refractivity contribution is 8.00. The minimum atomic E-state index is -0.288. The van der Waals surface area contributed by atoms with E-state index in [4.69, 9.17) is 5.73 Å². The Morgan fingerprint density at radius 2 is 2.20 bits per heavy atom. The Morgan fingerprint density at radius 3 is 2.95 bits per heavy atom. The van der Waals surface area contributed by atoms with E-state index in [1.165, 1.54) is 11.8 Å². The highest BCUT2D eigenvalue weighted by atomic mass is 32.2. The fraction of sp³-hybridized carbons (Fsp3) is 0.154. The predicted octanol–water partition coefficient (Wildman–Crippen LogP) is 2.23. The third kappa shape index (κ3) is 2.27. The minimum Gasteiger partial charge on any atom is -0.368 e. The van der Waals surface area contributed by atoms with Crippen molar-refractivity contribution in [3.8, 4) is 0 Å². The van der Waals surface area contributed by atoms with Gasteiger partial charge in [0.15, 0.2) is 5.78 Å². The van der Waals surface area contributed by atoms with Crippen LogP contribution in [0.15, 0.2) is 35.6 Å². The number of aromatic nitrogens is 4. The molecule has 102 valence electrons. The molecule has 4 N–H and O–H groups in total. The fourth-order valence-electron chi connectivity index (χ4n) is 2.02. The average Bonchev–Trinajstić information content (AvgIpc) is 3.04. The molecule has 1 atom stereocenters. The highest BCUT2D eigenvalue weighted by Crippen LogP contribution is 2.26. The number of hydrogen-bond acceptors (Lipinski definition) is 5. The molecule has 1 aromatic carbocycles.